The van der Waals surface area contributed by atoms with Crippen molar-refractivity contribution >= 4 is 18.1 Å². The van der Waals surface area contributed by atoms with Gasteiger partial charge >= 0.3 is 12.2 Å². The Bertz CT molecular complexity index is 524. The molecule has 0 heterocycles. The molecule has 0 saturated carbocycles. The van der Waals surface area contributed by atoms with Crippen molar-refractivity contribution in [3.8, 4) is 0 Å². The SMILES string of the molecule is CCCCN.NCCCCCCCN(CC(=O)NC(CCCCN)COC(N)=O)C(=O)OCCN. The molecule has 12 nitrogen and oxygen atoms in total. The monoisotopic (exact) mass is 505 g/mol. The van der Waals surface area contributed by atoms with Gasteiger partial charge in [-0.3, -0.25) is 9.69 Å². The number of nitrogens with one attached hydrogen (secondary N) is 1. The van der Waals surface area contributed by atoms with Crippen LogP contribution in [0.1, 0.15) is 71.1 Å². The average molecular weight is 506 g/mol. The van der Waals surface area contributed by atoms with Crippen LogP contribution < -0.4 is 34.0 Å². The van der Waals surface area contributed by atoms with E-state index in [0.29, 0.717) is 26.1 Å². The van der Waals surface area contributed by atoms with Crippen molar-refractivity contribution in [2.75, 3.05) is 52.5 Å². The maximum atomic E-state index is 12.5. The van der Waals surface area contributed by atoms with Gasteiger partial charge in [0.15, 0.2) is 0 Å². The first kappa shape index (κ1) is 35.0. The molecule has 0 rings (SSSR count). The predicted molar refractivity (Wildman–Crippen MR) is 138 cm³/mol. The van der Waals surface area contributed by atoms with Crippen molar-refractivity contribution in [3.63, 3.8) is 0 Å². The van der Waals surface area contributed by atoms with E-state index in [1.165, 1.54) is 17.7 Å². The maximum absolute atomic E-state index is 12.5. The zero-order chi connectivity index (χ0) is 26.7. The fraction of sp³-hybridized carbons (Fsp3) is 0.870. The highest BCUT2D eigenvalue weighted by molar-refractivity contribution is 5.82. The maximum Gasteiger partial charge on any atom is 0.410 e. The second kappa shape index (κ2) is 26.5. The smallest absolute Gasteiger partial charge is 0.410 e. The Balaban J connectivity index is 0. The highest BCUT2D eigenvalue weighted by Gasteiger charge is 2.21. The van der Waals surface area contributed by atoms with Gasteiger partial charge in [0.2, 0.25) is 5.91 Å². The second-order valence-electron chi connectivity index (χ2n) is 8.20. The number of ether oxygens (including phenoxy) is 2. The van der Waals surface area contributed by atoms with Gasteiger partial charge in [0.1, 0.15) is 19.8 Å². The molecule has 1 unspecified atom stereocenters. The van der Waals surface area contributed by atoms with Crippen LogP contribution in [0.4, 0.5) is 9.59 Å². The zero-order valence-corrected chi connectivity index (χ0v) is 21.7. The summed E-state index contributed by atoms with van der Waals surface area (Å²) in [5.74, 6) is -0.367. The van der Waals surface area contributed by atoms with Crippen LogP contribution in [0.15, 0.2) is 0 Å². The molecule has 3 amide bonds. The van der Waals surface area contributed by atoms with Crippen molar-refractivity contribution in [2.45, 2.75) is 77.2 Å². The third kappa shape index (κ3) is 24.8. The molecule has 0 radical (unpaired) electrons. The molecule has 35 heavy (non-hydrogen) atoms. The minimum Gasteiger partial charge on any atom is -0.448 e. The van der Waals surface area contributed by atoms with Crippen LogP contribution in [-0.4, -0.2) is 81.5 Å². The molecule has 1 atom stereocenters. The van der Waals surface area contributed by atoms with Gasteiger partial charge in [-0.05, 0) is 51.7 Å². The van der Waals surface area contributed by atoms with Gasteiger partial charge in [-0.1, -0.05) is 39.0 Å². The standard InChI is InChI=1S/C19H40N6O5.C4H11N/c20-9-5-2-1-3-7-12-25(19(28)29-13-11-22)14-17(26)24-16(8-4-6-10-21)15-30-18(23)27;1-2-3-4-5/h16H,1-15,20-22H2,(H2,23,27)(H,24,26);2-5H2,1H3. The predicted octanol–water partition coefficient (Wildman–Crippen LogP) is 0.747. The average Bonchev–Trinajstić information content (AvgIpc) is 2.83. The van der Waals surface area contributed by atoms with E-state index in [1.807, 2.05) is 0 Å². The summed E-state index contributed by atoms with van der Waals surface area (Å²) >= 11 is 0. The van der Waals surface area contributed by atoms with Crippen LogP contribution in [-0.2, 0) is 14.3 Å². The Labute approximate surface area is 210 Å². The number of primary amides is 1. The van der Waals surface area contributed by atoms with E-state index < -0.39 is 18.2 Å². The molecule has 0 spiro atoms. The first-order chi connectivity index (χ1) is 16.9. The van der Waals surface area contributed by atoms with Gasteiger partial charge in [-0.15, -0.1) is 0 Å². The van der Waals surface area contributed by atoms with Gasteiger partial charge < -0.3 is 43.5 Å². The third-order valence-corrected chi connectivity index (χ3v) is 4.92. The summed E-state index contributed by atoms with van der Waals surface area (Å²) < 4.78 is 9.90. The summed E-state index contributed by atoms with van der Waals surface area (Å²) in [4.78, 5) is 37.0. The van der Waals surface area contributed by atoms with Gasteiger partial charge in [0, 0.05) is 13.1 Å². The van der Waals surface area contributed by atoms with Crippen LogP contribution in [0.2, 0.25) is 0 Å². The van der Waals surface area contributed by atoms with Crippen molar-refractivity contribution in [2.24, 2.45) is 28.7 Å². The number of nitrogens with zero attached hydrogens (tertiary/aromatic N) is 1. The molecule has 0 fully saturated rings. The van der Waals surface area contributed by atoms with Crippen LogP contribution in [0.3, 0.4) is 0 Å². The molecule has 12 heteroatoms. The first-order valence-corrected chi connectivity index (χ1v) is 12.8. The summed E-state index contributed by atoms with van der Waals surface area (Å²) in [5, 5.41) is 2.79. The third-order valence-electron chi connectivity index (χ3n) is 4.92. The number of hydrogen-bond donors (Lipinski definition) is 6. The number of unbranched alkanes of at least 4 members (excludes halogenated alkanes) is 6. The molecule has 0 aliphatic rings. The molecule has 0 aliphatic carbocycles. The number of carbonyl (C=O) groups is 3. The Morgan fingerprint density at radius 3 is 1.94 bits per heavy atom. The largest absolute Gasteiger partial charge is 0.448 e. The van der Waals surface area contributed by atoms with Crippen LogP contribution in [0, 0.1) is 0 Å². The van der Waals surface area contributed by atoms with Crippen molar-refractivity contribution < 1.29 is 23.9 Å². The van der Waals surface area contributed by atoms with Crippen LogP contribution in [0.25, 0.3) is 0 Å². The normalized spacial score (nSPS) is 11.1. The lowest BCUT2D eigenvalue weighted by atomic mass is 10.1. The molecule has 0 saturated heterocycles. The molecule has 11 N–H and O–H groups in total. The Morgan fingerprint density at radius 1 is 0.800 bits per heavy atom. The second-order valence-corrected chi connectivity index (χ2v) is 8.20. The van der Waals surface area contributed by atoms with E-state index in [4.69, 9.17) is 38.1 Å². The highest BCUT2D eigenvalue weighted by atomic mass is 16.6. The van der Waals surface area contributed by atoms with E-state index in [1.54, 1.807) is 0 Å². The molecule has 0 aromatic heterocycles. The van der Waals surface area contributed by atoms with E-state index in [0.717, 1.165) is 51.5 Å². The summed E-state index contributed by atoms with van der Waals surface area (Å²) in [6.45, 7) is 4.67. The van der Waals surface area contributed by atoms with Gasteiger partial charge in [0.05, 0.1) is 6.04 Å². The zero-order valence-electron chi connectivity index (χ0n) is 21.7. The van der Waals surface area contributed by atoms with Crippen molar-refractivity contribution in [1.29, 1.82) is 0 Å². The Hall–Kier alpha value is -2.15. The minimum absolute atomic E-state index is 0.0373. The summed E-state index contributed by atoms with van der Waals surface area (Å²) in [7, 11) is 0. The fourth-order valence-electron chi connectivity index (χ4n) is 3.02. The molecule has 0 aromatic carbocycles. The molecule has 208 valence electrons. The molecule has 0 aromatic rings. The number of hydrogen-bond acceptors (Lipinski definition) is 9. The summed E-state index contributed by atoms with van der Waals surface area (Å²) in [6, 6.07) is -0.408. The van der Waals surface area contributed by atoms with Gasteiger partial charge in [-0.25, -0.2) is 9.59 Å². The van der Waals surface area contributed by atoms with E-state index >= 15 is 0 Å². The molecule has 0 aliphatic heterocycles. The number of rotatable bonds is 20. The van der Waals surface area contributed by atoms with Gasteiger partial charge in [0.25, 0.3) is 0 Å². The van der Waals surface area contributed by atoms with Crippen LogP contribution >= 0.6 is 0 Å². The molecular weight excluding hydrogens is 454 g/mol. The minimum atomic E-state index is -0.908. The lowest BCUT2D eigenvalue weighted by Gasteiger charge is -2.24. The lowest BCUT2D eigenvalue weighted by molar-refractivity contribution is -0.123. The first-order valence-electron chi connectivity index (χ1n) is 12.8. The van der Waals surface area contributed by atoms with E-state index in [2.05, 4.69) is 12.2 Å². The van der Waals surface area contributed by atoms with E-state index in [-0.39, 0.29) is 32.2 Å². The molecular formula is C23H51N7O5. The van der Waals surface area contributed by atoms with Crippen LogP contribution in [0.5, 0.6) is 0 Å². The summed E-state index contributed by atoms with van der Waals surface area (Å²) in [6.07, 6.45) is 7.73. The van der Waals surface area contributed by atoms with E-state index in [9.17, 15) is 14.4 Å². The molecule has 0 bridgehead atoms. The van der Waals surface area contributed by atoms with Crippen molar-refractivity contribution in [3.05, 3.63) is 0 Å². The summed E-state index contributed by atoms with van der Waals surface area (Å²) in [5.41, 5.74) is 26.5. The fourth-order valence-corrected chi connectivity index (χ4v) is 3.02. The number of nitrogens with two attached hydrogens (primary N) is 5. The highest BCUT2D eigenvalue weighted by Crippen LogP contribution is 2.06. The van der Waals surface area contributed by atoms with Crippen molar-refractivity contribution in [1.82, 2.24) is 10.2 Å². The van der Waals surface area contributed by atoms with Gasteiger partial charge in [-0.2, -0.15) is 0 Å². The quantitative estimate of drug-likeness (QED) is 0.128. The lowest BCUT2D eigenvalue weighted by Crippen LogP contribution is -2.46. The Kier molecular flexibility index (Phi) is 26.5. The number of carbonyl (C=O) groups excluding carboxylic acids is 3. The Morgan fingerprint density at radius 2 is 1.40 bits per heavy atom. The topological polar surface area (TPSA) is 215 Å². The number of amides is 3.